The molecule has 1 N–H and O–H groups in total. The van der Waals surface area contributed by atoms with E-state index in [-0.39, 0.29) is 11.6 Å². The molecule has 7 nitrogen and oxygen atoms in total. The van der Waals surface area contributed by atoms with E-state index >= 15 is 0 Å². The van der Waals surface area contributed by atoms with Crippen molar-refractivity contribution < 1.29 is 28.5 Å². The van der Waals surface area contributed by atoms with Crippen LogP contribution >= 0.6 is 0 Å². The molecule has 0 unspecified atom stereocenters. The predicted molar refractivity (Wildman–Crippen MR) is 68.6 cm³/mol. The number of rotatable bonds is 5. The van der Waals surface area contributed by atoms with E-state index in [1.807, 2.05) is 0 Å². The van der Waals surface area contributed by atoms with Crippen molar-refractivity contribution >= 4 is 5.97 Å². The van der Waals surface area contributed by atoms with E-state index in [0.29, 0.717) is 22.8 Å². The van der Waals surface area contributed by atoms with Crippen LogP contribution in [0.1, 0.15) is 10.5 Å². The lowest BCUT2D eigenvalue weighted by Crippen LogP contribution is -1.98. The second kappa shape index (κ2) is 5.52. The van der Waals surface area contributed by atoms with Crippen LogP contribution < -0.4 is 14.2 Å². The molecule has 0 amide bonds. The first kappa shape index (κ1) is 13.7. The lowest BCUT2D eigenvalue weighted by atomic mass is 10.1. The number of methoxy groups -OCH3 is 3. The van der Waals surface area contributed by atoms with Gasteiger partial charge >= 0.3 is 5.97 Å². The number of hydrogen-bond donors (Lipinski definition) is 1. The number of oxazole rings is 1. The third-order valence-electron chi connectivity index (χ3n) is 2.66. The van der Waals surface area contributed by atoms with Crippen LogP contribution in [0.5, 0.6) is 17.2 Å². The number of aromatic nitrogens is 1. The Morgan fingerprint density at radius 1 is 1.15 bits per heavy atom. The first-order valence-corrected chi connectivity index (χ1v) is 5.60. The van der Waals surface area contributed by atoms with E-state index in [4.69, 9.17) is 23.7 Å². The minimum absolute atomic E-state index is 0.125. The molecule has 0 saturated carbocycles. The van der Waals surface area contributed by atoms with Gasteiger partial charge in [0, 0.05) is 0 Å². The van der Waals surface area contributed by atoms with Crippen molar-refractivity contribution in [1.82, 2.24) is 4.98 Å². The van der Waals surface area contributed by atoms with E-state index < -0.39 is 5.97 Å². The first-order chi connectivity index (χ1) is 9.62. The summed E-state index contributed by atoms with van der Waals surface area (Å²) < 4.78 is 20.8. The monoisotopic (exact) mass is 279 g/mol. The number of ether oxygens (including phenoxy) is 3. The summed E-state index contributed by atoms with van der Waals surface area (Å²) in [6.07, 6.45) is 1.06. The standard InChI is InChI=1S/C13H13NO6/c1-17-9-5-4-7(10(18-2)11(9)19-3)12-14-8(6-20-12)13(15)16/h4-6H,1-3H3,(H,15,16). The molecule has 0 atom stereocenters. The third kappa shape index (κ3) is 2.25. The van der Waals surface area contributed by atoms with E-state index in [1.54, 1.807) is 12.1 Å². The van der Waals surface area contributed by atoms with Gasteiger partial charge in [0.25, 0.3) is 0 Å². The molecule has 106 valence electrons. The maximum Gasteiger partial charge on any atom is 0.357 e. The highest BCUT2D eigenvalue weighted by Crippen LogP contribution is 2.43. The molecule has 0 aliphatic rings. The number of benzene rings is 1. The Bertz CT molecular complexity index is 634. The maximum absolute atomic E-state index is 10.8. The first-order valence-electron chi connectivity index (χ1n) is 5.60. The molecule has 0 bridgehead atoms. The van der Waals surface area contributed by atoms with Crippen LogP contribution in [0.4, 0.5) is 0 Å². The Morgan fingerprint density at radius 2 is 1.85 bits per heavy atom. The minimum Gasteiger partial charge on any atom is -0.493 e. The van der Waals surface area contributed by atoms with Crippen LogP contribution in [-0.4, -0.2) is 37.4 Å². The number of carbonyl (C=O) groups is 1. The molecule has 0 radical (unpaired) electrons. The van der Waals surface area contributed by atoms with Crippen LogP contribution in [-0.2, 0) is 0 Å². The van der Waals surface area contributed by atoms with Crippen molar-refractivity contribution in [1.29, 1.82) is 0 Å². The van der Waals surface area contributed by atoms with Gasteiger partial charge in [-0.2, -0.15) is 0 Å². The number of aromatic carboxylic acids is 1. The van der Waals surface area contributed by atoms with E-state index in [2.05, 4.69) is 4.98 Å². The summed E-state index contributed by atoms with van der Waals surface area (Å²) in [5, 5.41) is 8.86. The molecule has 1 heterocycles. The summed E-state index contributed by atoms with van der Waals surface area (Å²) in [5.41, 5.74) is 0.287. The fourth-order valence-corrected chi connectivity index (χ4v) is 1.77. The molecule has 2 aromatic rings. The van der Waals surface area contributed by atoms with Gasteiger partial charge in [0.05, 0.1) is 26.9 Å². The molecule has 2 rings (SSSR count). The smallest absolute Gasteiger partial charge is 0.357 e. The predicted octanol–water partition coefficient (Wildman–Crippen LogP) is 2.07. The van der Waals surface area contributed by atoms with Crippen LogP contribution in [0, 0.1) is 0 Å². The molecule has 0 spiro atoms. The van der Waals surface area contributed by atoms with E-state index in [9.17, 15) is 4.79 Å². The van der Waals surface area contributed by atoms with Crippen molar-refractivity contribution in [2.45, 2.75) is 0 Å². The number of carboxylic acid groups (broad SMARTS) is 1. The van der Waals surface area contributed by atoms with Gasteiger partial charge in [-0.1, -0.05) is 0 Å². The molecule has 20 heavy (non-hydrogen) atoms. The Balaban J connectivity index is 2.58. The second-order valence-corrected chi connectivity index (χ2v) is 3.72. The summed E-state index contributed by atoms with van der Waals surface area (Å²) in [6.45, 7) is 0. The van der Waals surface area contributed by atoms with E-state index in [0.717, 1.165) is 6.26 Å². The Hall–Kier alpha value is -2.70. The van der Waals surface area contributed by atoms with Crippen molar-refractivity contribution in [3.05, 3.63) is 24.1 Å². The molecular formula is C13H13NO6. The van der Waals surface area contributed by atoms with Gasteiger partial charge in [0.15, 0.2) is 17.2 Å². The molecule has 0 aliphatic heterocycles. The topological polar surface area (TPSA) is 91.0 Å². The zero-order valence-electron chi connectivity index (χ0n) is 11.2. The maximum atomic E-state index is 10.8. The molecular weight excluding hydrogens is 266 g/mol. The SMILES string of the molecule is COc1ccc(-c2nc(C(=O)O)co2)c(OC)c1OC. The molecule has 7 heteroatoms. The largest absolute Gasteiger partial charge is 0.493 e. The molecule has 0 aliphatic carbocycles. The summed E-state index contributed by atoms with van der Waals surface area (Å²) >= 11 is 0. The number of hydrogen-bond acceptors (Lipinski definition) is 6. The molecule has 0 fully saturated rings. The van der Waals surface area contributed by atoms with Gasteiger partial charge < -0.3 is 23.7 Å². The van der Waals surface area contributed by atoms with Gasteiger partial charge in [0.2, 0.25) is 11.6 Å². The average molecular weight is 279 g/mol. The zero-order chi connectivity index (χ0) is 14.7. The van der Waals surface area contributed by atoms with Crippen molar-refractivity contribution in [2.75, 3.05) is 21.3 Å². The Labute approximate surface area is 114 Å². The number of carboxylic acids is 1. The summed E-state index contributed by atoms with van der Waals surface area (Å²) in [7, 11) is 4.44. The lowest BCUT2D eigenvalue weighted by molar-refractivity contribution is 0.0690. The van der Waals surface area contributed by atoms with Crippen molar-refractivity contribution in [3.8, 4) is 28.7 Å². The lowest BCUT2D eigenvalue weighted by Gasteiger charge is -2.13. The normalized spacial score (nSPS) is 10.2. The van der Waals surface area contributed by atoms with Gasteiger partial charge in [-0.3, -0.25) is 0 Å². The fraction of sp³-hybridized carbons (Fsp3) is 0.231. The second-order valence-electron chi connectivity index (χ2n) is 3.72. The number of nitrogens with zero attached hydrogens (tertiary/aromatic N) is 1. The van der Waals surface area contributed by atoms with Gasteiger partial charge in [0.1, 0.15) is 6.26 Å². The van der Waals surface area contributed by atoms with Crippen LogP contribution in [0.3, 0.4) is 0 Å². The molecule has 1 aromatic heterocycles. The molecule has 1 aromatic carbocycles. The molecule has 0 saturated heterocycles. The van der Waals surface area contributed by atoms with Gasteiger partial charge in [-0.15, -0.1) is 0 Å². The highest BCUT2D eigenvalue weighted by Gasteiger charge is 2.21. The van der Waals surface area contributed by atoms with Crippen LogP contribution in [0.2, 0.25) is 0 Å². The average Bonchev–Trinajstić information content (AvgIpc) is 2.95. The Morgan fingerprint density at radius 3 is 2.35 bits per heavy atom. The minimum atomic E-state index is -1.17. The van der Waals surface area contributed by atoms with Crippen molar-refractivity contribution in [3.63, 3.8) is 0 Å². The third-order valence-corrected chi connectivity index (χ3v) is 2.66. The van der Waals surface area contributed by atoms with E-state index in [1.165, 1.54) is 21.3 Å². The highest BCUT2D eigenvalue weighted by molar-refractivity contribution is 5.85. The summed E-state index contributed by atoms with van der Waals surface area (Å²) in [5.74, 6) is 0.172. The van der Waals surface area contributed by atoms with Gasteiger partial charge in [-0.05, 0) is 12.1 Å². The quantitative estimate of drug-likeness (QED) is 0.895. The van der Waals surface area contributed by atoms with Gasteiger partial charge in [-0.25, -0.2) is 9.78 Å². The Kier molecular flexibility index (Phi) is 3.79. The van der Waals surface area contributed by atoms with Crippen LogP contribution in [0.15, 0.2) is 22.8 Å². The van der Waals surface area contributed by atoms with Crippen LogP contribution in [0.25, 0.3) is 11.5 Å². The zero-order valence-corrected chi connectivity index (χ0v) is 11.2. The fourth-order valence-electron chi connectivity index (χ4n) is 1.77. The summed E-state index contributed by atoms with van der Waals surface area (Å²) in [4.78, 5) is 14.7. The van der Waals surface area contributed by atoms with Crippen molar-refractivity contribution in [2.24, 2.45) is 0 Å². The highest BCUT2D eigenvalue weighted by atomic mass is 16.5. The summed E-state index contributed by atoms with van der Waals surface area (Å²) in [6, 6.07) is 3.30.